The maximum absolute atomic E-state index is 12.3. The monoisotopic (exact) mass is 360 g/mol. The third kappa shape index (κ3) is 5.68. The molecule has 1 fully saturated rings. The Morgan fingerprint density at radius 3 is 2.31 bits per heavy atom. The minimum Gasteiger partial charge on any atom is -0.463 e. The highest BCUT2D eigenvalue weighted by molar-refractivity contribution is 6.02. The molecule has 1 atom stereocenters. The second kappa shape index (κ2) is 9.12. The number of imide groups is 1. The average molecular weight is 360 g/mol. The zero-order chi connectivity index (χ0) is 19.1. The molecule has 7 nitrogen and oxygen atoms in total. The number of rotatable bonds is 8. The third-order valence-corrected chi connectivity index (χ3v) is 3.99. The predicted octanol–water partition coefficient (Wildman–Crippen LogP) is 1.72. The third-order valence-electron chi connectivity index (χ3n) is 3.99. The van der Waals surface area contributed by atoms with Crippen molar-refractivity contribution in [2.24, 2.45) is 0 Å². The zero-order valence-electron chi connectivity index (χ0n) is 15.1. The van der Waals surface area contributed by atoms with Crippen LogP contribution in [0.15, 0.2) is 30.3 Å². The van der Waals surface area contributed by atoms with Crippen molar-refractivity contribution in [2.75, 3.05) is 6.54 Å². The molecule has 1 aliphatic rings. The van der Waals surface area contributed by atoms with E-state index in [1.165, 1.54) is 0 Å². The van der Waals surface area contributed by atoms with Gasteiger partial charge in [-0.25, -0.2) is 0 Å². The number of carbonyl (C=O) groups is 4. The molecule has 1 aromatic rings. The summed E-state index contributed by atoms with van der Waals surface area (Å²) in [6.07, 6.45) is 0.180. The summed E-state index contributed by atoms with van der Waals surface area (Å²) in [6, 6.07) is 8.61. The maximum Gasteiger partial charge on any atom is 0.308 e. The Bertz CT molecular complexity index is 656. The molecule has 1 N–H and O–H groups in total. The molecule has 1 saturated heterocycles. The fourth-order valence-electron chi connectivity index (χ4n) is 2.77. The van der Waals surface area contributed by atoms with E-state index >= 15 is 0 Å². The van der Waals surface area contributed by atoms with E-state index in [2.05, 4.69) is 5.32 Å². The van der Waals surface area contributed by atoms with Crippen molar-refractivity contribution in [3.63, 3.8) is 0 Å². The van der Waals surface area contributed by atoms with Crippen LogP contribution in [0.5, 0.6) is 0 Å². The molecule has 1 unspecified atom stereocenters. The van der Waals surface area contributed by atoms with E-state index in [4.69, 9.17) is 4.74 Å². The Hall–Kier alpha value is -2.70. The van der Waals surface area contributed by atoms with Crippen LogP contribution in [0.25, 0.3) is 0 Å². The van der Waals surface area contributed by atoms with Gasteiger partial charge in [0, 0.05) is 25.8 Å². The molecule has 140 valence electrons. The van der Waals surface area contributed by atoms with E-state index < -0.39 is 12.0 Å². The predicted molar refractivity (Wildman–Crippen MR) is 93.7 cm³/mol. The van der Waals surface area contributed by atoms with Gasteiger partial charge in [-0.15, -0.1) is 0 Å². The van der Waals surface area contributed by atoms with Crippen LogP contribution in [0.2, 0.25) is 0 Å². The van der Waals surface area contributed by atoms with E-state index in [-0.39, 0.29) is 56.1 Å². The molecule has 0 radical (unpaired) electrons. The van der Waals surface area contributed by atoms with Gasteiger partial charge in [0.05, 0.1) is 18.6 Å². The lowest BCUT2D eigenvalue weighted by molar-refractivity contribution is -0.148. The summed E-state index contributed by atoms with van der Waals surface area (Å²) in [5.41, 5.74) is 0.787. The molecule has 1 aromatic carbocycles. The average Bonchev–Trinajstić information content (AvgIpc) is 2.90. The van der Waals surface area contributed by atoms with Crippen molar-refractivity contribution < 1.29 is 23.9 Å². The van der Waals surface area contributed by atoms with Crippen LogP contribution < -0.4 is 5.32 Å². The Morgan fingerprint density at radius 2 is 1.73 bits per heavy atom. The fraction of sp³-hybridized carbons (Fsp3) is 0.474. The first-order chi connectivity index (χ1) is 12.4. The van der Waals surface area contributed by atoms with Gasteiger partial charge in [-0.1, -0.05) is 30.3 Å². The lowest BCUT2D eigenvalue weighted by Crippen LogP contribution is -2.36. The van der Waals surface area contributed by atoms with Crippen molar-refractivity contribution in [3.8, 4) is 0 Å². The van der Waals surface area contributed by atoms with E-state index in [1.807, 2.05) is 30.3 Å². The minimum absolute atomic E-state index is 0.0000414. The summed E-state index contributed by atoms with van der Waals surface area (Å²) >= 11 is 0. The molecule has 1 heterocycles. The lowest BCUT2D eigenvalue weighted by Gasteiger charge is -2.20. The number of amides is 3. The number of nitrogens with zero attached hydrogens (tertiary/aromatic N) is 1. The normalized spacial score (nSPS) is 15.3. The van der Waals surface area contributed by atoms with Crippen LogP contribution in [-0.4, -0.2) is 41.2 Å². The van der Waals surface area contributed by atoms with Crippen molar-refractivity contribution in [1.29, 1.82) is 0 Å². The first-order valence-corrected chi connectivity index (χ1v) is 8.73. The van der Waals surface area contributed by atoms with Crippen LogP contribution >= 0.6 is 0 Å². The molecule has 0 bridgehead atoms. The Labute approximate surface area is 152 Å². The molecule has 0 spiro atoms. The second-order valence-electron chi connectivity index (χ2n) is 6.46. The molecule has 1 aliphatic heterocycles. The molecule has 7 heteroatoms. The van der Waals surface area contributed by atoms with Crippen LogP contribution in [0, 0.1) is 0 Å². The van der Waals surface area contributed by atoms with Gasteiger partial charge in [-0.3, -0.25) is 24.1 Å². The van der Waals surface area contributed by atoms with Crippen LogP contribution in [0.4, 0.5) is 0 Å². The number of hydrogen-bond acceptors (Lipinski definition) is 5. The SMILES string of the molecule is CC(C)OC(=O)CC(NC(=O)CCN1C(=O)CCC1=O)c1ccccc1. The van der Waals surface area contributed by atoms with Gasteiger partial charge in [0.15, 0.2) is 0 Å². The summed E-state index contributed by atoms with van der Waals surface area (Å²) in [6.45, 7) is 3.58. The van der Waals surface area contributed by atoms with Gasteiger partial charge in [0.25, 0.3) is 0 Å². The van der Waals surface area contributed by atoms with Crippen molar-refractivity contribution in [1.82, 2.24) is 10.2 Å². The molecule has 26 heavy (non-hydrogen) atoms. The standard InChI is InChI=1S/C19H24N2O5/c1-13(2)26-19(25)12-15(14-6-4-3-5-7-14)20-16(22)10-11-21-17(23)8-9-18(21)24/h3-7,13,15H,8-12H2,1-2H3,(H,20,22). The Balaban J connectivity index is 1.96. The van der Waals surface area contributed by atoms with Gasteiger partial charge in [-0.05, 0) is 19.4 Å². The number of hydrogen-bond donors (Lipinski definition) is 1. The summed E-state index contributed by atoms with van der Waals surface area (Å²) in [5.74, 6) is -1.23. The molecule has 0 saturated carbocycles. The van der Waals surface area contributed by atoms with Crippen LogP contribution in [0.3, 0.4) is 0 Å². The molecule has 0 aliphatic carbocycles. The molecule has 3 amide bonds. The van der Waals surface area contributed by atoms with Crippen LogP contribution in [-0.2, 0) is 23.9 Å². The molecule has 2 rings (SSSR count). The molecular weight excluding hydrogens is 336 g/mol. The van der Waals surface area contributed by atoms with Gasteiger partial charge in [0.2, 0.25) is 17.7 Å². The Kier molecular flexibility index (Phi) is 6.89. The summed E-state index contributed by atoms with van der Waals surface area (Å²) in [4.78, 5) is 48.6. The van der Waals surface area contributed by atoms with E-state index in [1.54, 1.807) is 13.8 Å². The van der Waals surface area contributed by atoms with Gasteiger partial charge in [-0.2, -0.15) is 0 Å². The van der Waals surface area contributed by atoms with E-state index in [9.17, 15) is 19.2 Å². The molecular formula is C19H24N2O5. The topological polar surface area (TPSA) is 92.8 Å². The van der Waals surface area contributed by atoms with E-state index in [0.29, 0.717) is 0 Å². The largest absolute Gasteiger partial charge is 0.463 e. The second-order valence-corrected chi connectivity index (χ2v) is 6.46. The smallest absolute Gasteiger partial charge is 0.308 e. The van der Waals surface area contributed by atoms with Crippen molar-refractivity contribution in [2.45, 2.75) is 51.7 Å². The Morgan fingerprint density at radius 1 is 1.12 bits per heavy atom. The van der Waals surface area contributed by atoms with Crippen molar-refractivity contribution in [3.05, 3.63) is 35.9 Å². The first kappa shape index (κ1) is 19.6. The van der Waals surface area contributed by atoms with Gasteiger partial charge >= 0.3 is 5.97 Å². The summed E-state index contributed by atoms with van der Waals surface area (Å²) in [7, 11) is 0. The summed E-state index contributed by atoms with van der Waals surface area (Å²) in [5, 5.41) is 2.80. The number of benzene rings is 1. The zero-order valence-corrected chi connectivity index (χ0v) is 15.1. The number of likely N-dealkylation sites (tertiary alicyclic amines) is 1. The summed E-state index contributed by atoms with van der Waals surface area (Å²) < 4.78 is 5.17. The first-order valence-electron chi connectivity index (χ1n) is 8.73. The number of carbonyl (C=O) groups excluding carboxylic acids is 4. The highest BCUT2D eigenvalue weighted by Gasteiger charge is 2.29. The van der Waals surface area contributed by atoms with Gasteiger partial charge in [0.1, 0.15) is 0 Å². The van der Waals surface area contributed by atoms with Crippen LogP contribution in [0.1, 0.15) is 51.1 Å². The minimum atomic E-state index is -0.528. The van der Waals surface area contributed by atoms with Gasteiger partial charge < -0.3 is 10.1 Å². The lowest BCUT2D eigenvalue weighted by atomic mass is 10.0. The van der Waals surface area contributed by atoms with E-state index in [0.717, 1.165) is 10.5 Å². The quantitative estimate of drug-likeness (QED) is 0.563. The van der Waals surface area contributed by atoms with Crippen molar-refractivity contribution >= 4 is 23.7 Å². The molecule has 0 aromatic heterocycles. The highest BCUT2D eigenvalue weighted by Crippen LogP contribution is 2.18. The number of esters is 1. The number of nitrogens with one attached hydrogen (secondary N) is 1. The highest BCUT2D eigenvalue weighted by atomic mass is 16.5. The number of ether oxygens (including phenoxy) is 1. The fourth-order valence-corrected chi connectivity index (χ4v) is 2.77. The maximum atomic E-state index is 12.3.